The second-order valence-electron chi connectivity index (χ2n) is 16.0. The highest BCUT2D eigenvalue weighted by molar-refractivity contribution is 8.09. The molecule has 0 aromatic rings. The smallest absolute Gasteiger partial charge is 0.269 e. The molecule has 1 unspecified atom stereocenters. The zero-order chi connectivity index (χ0) is 47.6. The predicted octanol–water partition coefficient (Wildman–Crippen LogP) is -7.25. The van der Waals surface area contributed by atoms with Gasteiger partial charge < -0.3 is 67.5 Å². The number of allylic oxidation sites excluding steroid dienone is 3. The number of carbonyl (C=O) groups is 9. The fourth-order valence-corrected chi connectivity index (χ4v) is 7.85. The summed E-state index contributed by atoms with van der Waals surface area (Å²) in [6, 6.07) is -9.11. The molecule has 64 heavy (non-hydrogen) atoms. The van der Waals surface area contributed by atoms with E-state index in [4.69, 9.17) is 5.73 Å². The van der Waals surface area contributed by atoms with E-state index in [9.17, 15) is 68.1 Å². The lowest BCUT2D eigenvalue weighted by Crippen LogP contribution is -2.68. The van der Waals surface area contributed by atoms with E-state index in [0.717, 1.165) is 4.90 Å². The second-order valence-corrected chi connectivity index (χ2v) is 16.6. The highest BCUT2D eigenvalue weighted by Crippen LogP contribution is 2.27. The molecule has 0 saturated carbocycles. The summed E-state index contributed by atoms with van der Waals surface area (Å²) in [6.07, 6.45) is -1.81. The highest BCUT2D eigenvalue weighted by Gasteiger charge is 2.45. The molecular weight excluding hydrogens is 865 g/mol. The number of hydrogen-bond donors (Lipinski definition) is 14. The van der Waals surface area contributed by atoms with Crippen molar-refractivity contribution >= 4 is 70.1 Å². The van der Waals surface area contributed by atoms with Crippen LogP contribution in [0, 0.1) is 11.8 Å². The topological polar surface area (TPSA) is 382 Å². The van der Waals surface area contributed by atoms with Crippen LogP contribution in [-0.4, -0.2) is 169 Å². The average molecular weight is 922 g/mol. The average Bonchev–Trinajstić information content (AvgIpc) is 3.82. The molecule has 2 saturated heterocycles. The molecule has 3 aliphatic heterocycles. The molecule has 2 fully saturated rings. The van der Waals surface area contributed by atoms with Gasteiger partial charge in [0.1, 0.15) is 36.4 Å². The Kier molecular flexibility index (Phi) is 18.2. The number of ketones is 1. The number of aliphatic hydroxyl groups excluding tert-OH is 4. The van der Waals surface area contributed by atoms with E-state index in [0.29, 0.717) is 12.0 Å². The molecule has 25 heteroatoms. The molecule has 0 aromatic heterocycles. The van der Waals surface area contributed by atoms with Crippen LogP contribution in [0.2, 0.25) is 0 Å². The first kappa shape index (κ1) is 51.1. The zero-order valence-corrected chi connectivity index (χ0v) is 36.4. The molecule has 0 bridgehead atoms. The van der Waals surface area contributed by atoms with Gasteiger partial charge in [0.05, 0.1) is 68.1 Å². The van der Waals surface area contributed by atoms with Crippen molar-refractivity contribution < 1.29 is 73.1 Å². The van der Waals surface area contributed by atoms with E-state index >= 15 is 0 Å². The van der Waals surface area contributed by atoms with Crippen molar-refractivity contribution in [1.29, 1.82) is 0 Å². The van der Waals surface area contributed by atoms with Crippen molar-refractivity contribution in [3.05, 3.63) is 35.1 Å². The largest absolute Gasteiger partial charge is 0.394 e. The van der Waals surface area contributed by atoms with E-state index in [1.54, 1.807) is 13.8 Å². The third-order valence-electron chi connectivity index (χ3n) is 11.3. The monoisotopic (exact) mass is 921 g/mol. The molecule has 11 atom stereocenters. The molecule has 24 nitrogen and oxygen atoms in total. The van der Waals surface area contributed by atoms with Crippen molar-refractivity contribution in [2.45, 2.75) is 108 Å². The van der Waals surface area contributed by atoms with E-state index in [2.05, 4.69) is 42.2 Å². The summed E-state index contributed by atoms with van der Waals surface area (Å²) in [5, 5.41) is 59.3. The summed E-state index contributed by atoms with van der Waals surface area (Å²) in [4.78, 5) is 124. The van der Waals surface area contributed by atoms with Crippen LogP contribution in [-0.2, 0) is 43.2 Å². The van der Waals surface area contributed by atoms with E-state index in [1.807, 2.05) is 0 Å². The van der Waals surface area contributed by atoms with Gasteiger partial charge in [0.25, 0.3) is 5.04 Å². The standard InChI is InChI=1S/C39H56N10O14S/c1-5-16(2)31-36(60)42-12-29(55)43-18(4)33(57)45-25(11-28(40)54)39(62)49-14-20(52)9-26(49)35(59)48-32(17(3)27(53)15-50)37(61)44-24(34(58)41-13-30(56)47-31)10-22-21-7-6-19(51)8-23(21)46-38(22)64-63/h6-8,16-18,20,24-27,29,31-32,43,50,52-53,55,63H,5,9-15H2,1-4H3,(H2,40,54)(H,41,58)(H,42,60)(H,44,61)(H,45,57)(H,47,56)(H,48,59)/p+1/t16-,17-,18-,20+,24-,25-,26-,27-,29?,31-,32-/m0/s1. The molecule has 0 aromatic carbocycles. The quantitative estimate of drug-likeness (QED) is 0.0956. The fraction of sp³-hybridized carbons (Fsp3) is 0.590. The summed E-state index contributed by atoms with van der Waals surface area (Å²) in [6.45, 7) is 3.43. The lowest BCUT2D eigenvalue weighted by Gasteiger charge is -2.32. The Labute approximate surface area is 371 Å². The van der Waals surface area contributed by atoms with Crippen molar-refractivity contribution in [2.75, 3.05) is 26.2 Å². The van der Waals surface area contributed by atoms with Crippen molar-refractivity contribution in [3.8, 4) is 0 Å². The van der Waals surface area contributed by atoms with Gasteiger partial charge in [0.15, 0.2) is 5.78 Å². The Balaban J connectivity index is 1.78. The molecule has 0 spiro atoms. The minimum absolute atomic E-state index is 0.0894. The maximum Gasteiger partial charge on any atom is 0.269 e. The van der Waals surface area contributed by atoms with E-state index < -0.39 is 159 Å². The Morgan fingerprint density at radius 3 is 2.25 bits per heavy atom. The molecule has 4 aliphatic rings. The number of β-amino-alcohol motifs (C(OH)–C–C–N with tert-alkyl or cyclic N) is 1. The molecule has 1 aliphatic carbocycles. The Bertz CT molecular complexity index is 1990. The van der Waals surface area contributed by atoms with Crippen LogP contribution in [0.5, 0.6) is 0 Å². The van der Waals surface area contributed by atoms with Gasteiger partial charge >= 0.3 is 0 Å². The highest BCUT2D eigenvalue weighted by atomic mass is 32.2. The summed E-state index contributed by atoms with van der Waals surface area (Å²) in [5.41, 5.74) is 6.32. The second kappa shape index (κ2) is 22.9. The minimum Gasteiger partial charge on any atom is -0.394 e. The number of hydrogen-bond acceptors (Lipinski definition) is 16. The molecule has 0 radical (unpaired) electrons. The Hall–Kier alpha value is -5.57. The first-order chi connectivity index (χ1) is 30.2. The summed E-state index contributed by atoms with van der Waals surface area (Å²) >= 11 is 0.250. The molecule has 3 heterocycles. The van der Waals surface area contributed by atoms with Crippen LogP contribution >= 0.6 is 12.0 Å². The molecule has 8 amide bonds. The van der Waals surface area contributed by atoms with Crippen LogP contribution in [0.25, 0.3) is 0 Å². The van der Waals surface area contributed by atoms with Crippen LogP contribution in [0.1, 0.15) is 53.4 Å². The zero-order valence-electron chi connectivity index (χ0n) is 35.6. The fourth-order valence-electron chi connectivity index (χ4n) is 7.39. The maximum absolute atomic E-state index is 14.3. The number of nitrogens with one attached hydrogen (secondary N) is 8. The van der Waals surface area contributed by atoms with Gasteiger partial charge in [-0.2, -0.15) is 4.99 Å². The lowest BCUT2D eigenvalue weighted by atomic mass is 9.93. The lowest BCUT2D eigenvalue weighted by molar-refractivity contribution is -0.384. The SMILES string of the molecule is CC[C@H](C)[C@@H]1NC(=O)CNC(=O)[C@H](CC2=C3C=CC(=O)C=C3[NH+]=C2SO)NC(=O)[C@H]([C@@H](C)[C@@H](O)CO)NC(=O)[C@@H]2C[C@@H](O)CN2C(=O)[C@H](CC(N)=O)NC(=O)[C@H](C)NC(O)CNC1=O. The summed E-state index contributed by atoms with van der Waals surface area (Å²) in [7, 11) is 0. The van der Waals surface area contributed by atoms with Gasteiger partial charge in [-0.1, -0.05) is 27.2 Å². The molecular formula is C39H57N10O14S+. The predicted molar refractivity (Wildman–Crippen MR) is 224 cm³/mol. The van der Waals surface area contributed by atoms with Crippen molar-refractivity contribution in [1.82, 2.24) is 42.1 Å². The Morgan fingerprint density at radius 1 is 0.922 bits per heavy atom. The van der Waals surface area contributed by atoms with Crippen LogP contribution in [0.15, 0.2) is 35.1 Å². The van der Waals surface area contributed by atoms with Gasteiger partial charge in [-0.05, 0) is 25.0 Å². The Morgan fingerprint density at radius 2 is 1.61 bits per heavy atom. The van der Waals surface area contributed by atoms with Gasteiger partial charge in [-0.25, -0.2) is 0 Å². The van der Waals surface area contributed by atoms with Gasteiger partial charge in [0.2, 0.25) is 53.0 Å². The van der Waals surface area contributed by atoms with Gasteiger partial charge in [0, 0.05) is 30.9 Å². The van der Waals surface area contributed by atoms with Crippen LogP contribution < -0.4 is 47.9 Å². The maximum atomic E-state index is 14.3. The number of nitrogens with two attached hydrogens (primary N) is 1. The third-order valence-corrected chi connectivity index (χ3v) is 11.8. The van der Waals surface area contributed by atoms with Gasteiger partial charge in [-0.3, -0.25) is 48.5 Å². The number of nitrogens with zero attached hydrogens (tertiary/aromatic N) is 1. The molecule has 352 valence electrons. The van der Waals surface area contributed by atoms with Crippen molar-refractivity contribution in [2.24, 2.45) is 17.6 Å². The van der Waals surface area contributed by atoms with Crippen LogP contribution in [0.4, 0.5) is 0 Å². The van der Waals surface area contributed by atoms with Gasteiger partial charge in [-0.15, -0.1) is 0 Å². The number of fused-ring (bicyclic) bond motifs is 2. The van der Waals surface area contributed by atoms with E-state index in [1.165, 1.54) is 32.1 Å². The molecule has 4 rings (SSSR count). The minimum atomic E-state index is -1.78. The van der Waals surface area contributed by atoms with Crippen LogP contribution in [0.3, 0.4) is 0 Å². The number of primary amides is 1. The molecule has 15 N–H and O–H groups in total. The first-order valence-corrected chi connectivity index (χ1v) is 21.3. The third kappa shape index (κ3) is 13.0. The summed E-state index contributed by atoms with van der Waals surface area (Å²) in [5.74, 6) is -9.87. The summed E-state index contributed by atoms with van der Waals surface area (Å²) < 4.78 is 10.2. The normalized spacial score (nSPS) is 29.7. The first-order valence-electron chi connectivity index (χ1n) is 20.6. The van der Waals surface area contributed by atoms with E-state index in [-0.39, 0.29) is 34.1 Å². The number of carbonyl (C=O) groups excluding carboxylic acids is 9. The van der Waals surface area contributed by atoms with Crippen molar-refractivity contribution in [3.63, 3.8) is 0 Å². The number of aliphatic hydroxyl groups is 4. The number of amides is 8. The number of rotatable bonds is 9.